The molecule has 2 fully saturated rings. The van der Waals surface area contributed by atoms with Gasteiger partial charge in [0.25, 0.3) is 0 Å². The maximum absolute atomic E-state index is 12.8. The predicted octanol–water partition coefficient (Wildman–Crippen LogP) is 0.618. The number of halogens is 1. The van der Waals surface area contributed by atoms with Crippen molar-refractivity contribution in [1.29, 1.82) is 0 Å². The van der Waals surface area contributed by atoms with Crippen LogP contribution in [0.15, 0.2) is 10.8 Å². The Morgan fingerprint density at radius 3 is 2.95 bits per heavy atom. The molecule has 3 N–H and O–H groups in total. The summed E-state index contributed by atoms with van der Waals surface area (Å²) in [6, 6.07) is 0.308. The lowest BCUT2D eigenvalue weighted by Gasteiger charge is -2.42. The molecule has 0 bridgehead atoms. The fraction of sp³-hybridized carbons (Fsp3) is 0.769. The van der Waals surface area contributed by atoms with E-state index in [1.54, 1.807) is 7.11 Å². The first kappa shape index (κ1) is 14.2. The molecule has 2 unspecified atom stereocenters. The number of piperidine rings is 1. The van der Waals surface area contributed by atoms with Crippen molar-refractivity contribution in [3.8, 4) is 0 Å². The molecule has 0 spiro atoms. The molecule has 5 atom stereocenters. The molecule has 0 aromatic carbocycles. The van der Waals surface area contributed by atoms with Gasteiger partial charge >= 0.3 is 0 Å². The third kappa shape index (κ3) is 2.31. The van der Waals surface area contributed by atoms with Crippen molar-refractivity contribution < 1.29 is 9.63 Å². The van der Waals surface area contributed by atoms with Gasteiger partial charge in [-0.3, -0.25) is 4.79 Å². The zero-order chi connectivity index (χ0) is 14.3. The summed E-state index contributed by atoms with van der Waals surface area (Å²) in [7, 11) is 1.56. The normalized spacial score (nSPS) is 40.1. The quantitative estimate of drug-likeness (QED) is 0.517. The average Bonchev–Trinajstić information content (AvgIpc) is 3.00. The largest absolute Gasteiger partial charge is 0.368 e. The zero-order valence-corrected chi connectivity index (χ0v) is 13.3. The Morgan fingerprint density at radius 2 is 2.30 bits per heavy atom. The Kier molecular flexibility index (Phi) is 3.92. The van der Waals surface area contributed by atoms with Gasteiger partial charge in [-0.05, 0) is 41.1 Å². The molecular weight excluding hydrogens is 324 g/mol. The van der Waals surface area contributed by atoms with E-state index in [9.17, 15) is 4.79 Å². The summed E-state index contributed by atoms with van der Waals surface area (Å²) in [5, 5.41) is 6.62. The fourth-order valence-corrected chi connectivity index (χ4v) is 4.06. The van der Waals surface area contributed by atoms with Crippen LogP contribution >= 0.6 is 15.9 Å². The molecule has 3 aliphatic heterocycles. The molecule has 0 aliphatic carbocycles. The van der Waals surface area contributed by atoms with Crippen LogP contribution in [0.5, 0.6) is 0 Å². The van der Waals surface area contributed by atoms with Crippen molar-refractivity contribution in [2.45, 2.75) is 50.5 Å². The SMILES string of the molecule is CON[C@@H]1C(=O)N2[C@H](CC[C@H]2C2NC=C(Br)N2)CC1C. The van der Waals surface area contributed by atoms with Crippen LogP contribution in [0.25, 0.3) is 0 Å². The van der Waals surface area contributed by atoms with Gasteiger partial charge in [-0.25, -0.2) is 0 Å². The first-order valence-electron chi connectivity index (χ1n) is 7.10. The minimum absolute atomic E-state index is 0.0925. The van der Waals surface area contributed by atoms with Crippen LogP contribution in [0.4, 0.5) is 0 Å². The second-order valence-corrected chi connectivity index (χ2v) is 6.69. The van der Waals surface area contributed by atoms with Gasteiger partial charge in [0, 0.05) is 12.2 Å². The summed E-state index contributed by atoms with van der Waals surface area (Å²) >= 11 is 3.43. The molecule has 20 heavy (non-hydrogen) atoms. The van der Waals surface area contributed by atoms with Crippen LogP contribution in [-0.4, -0.2) is 42.2 Å². The minimum atomic E-state index is -0.241. The molecule has 112 valence electrons. The van der Waals surface area contributed by atoms with Crippen LogP contribution in [-0.2, 0) is 9.63 Å². The van der Waals surface area contributed by atoms with E-state index in [0.29, 0.717) is 12.0 Å². The monoisotopic (exact) mass is 344 g/mol. The first-order valence-corrected chi connectivity index (χ1v) is 7.90. The third-order valence-corrected chi connectivity index (χ3v) is 5.05. The van der Waals surface area contributed by atoms with Gasteiger partial charge in [0.2, 0.25) is 5.91 Å². The molecule has 3 aliphatic rings. The van der Waals surface area contributed by atoms with E-state index in [4.69, 9.17) is 4.84 Å². The van der Waals surface area contributed by atoms with Gasteiger partial charge in [-0.1, -0.05) is 6.92 Å². The Bertz CT molecular complexity index is 431. The summed E-state index contributed by atoms with van der Waals surface area (Å²) in [4.78, 5) is 19.8. The maximum Gasteiger partial charge on any atom is 0.242 e. The highest BCUT2D eigenvalue weighted by atomic mass is 79.9. The van der Waals surface area contributed by atoms with Crippen molar-refractivity contribution >= 4 is 21.8 Å². The highest BCUT2D eigenvalue weighted by Gasteiger charge is 2.48. The number of hydroxylamine groups is 1. The fourth-order valence-electron chi connectivity index (χ4n) is 3.68. The van der Waals surface area contributed by atoms with Crippen LogP contribution in [0.3, 0.4) is 0 Å². The van der Waals surface area contributed by atoms with Crippen molar-refractivity contribution in [3.05, 3.63) is 10.8 Å². The second-order valence-electron chi connectivity index (χ2n) is 5.84. The number of hydrogen-bond donors (Lipinski definition) is 3. The number of nitrogens with one attached hydrogen (secondary N) is 3. The van der Waals surface area contributed by atoms with E-state index >= 15 is 0 Å². The smallest absolute Gasteiger partial charge is 0.242 e. The van der Waals surface area contributed by atoms with Gasteiger partial charge in [0.05, 0.1) is 17.8 Å². The molecule has 0 saturated carbocycles. The Hall–Kier alpha value is -0.790. The van der Waals surface area contributed by atoms with Crippen LogP contribution in [0, 0.1) is 5.92 Å². The number of carbonyl (C=O) groups excluding carboxylic acids is 1. The van der Waals surface area contributed by atoms with Gasteiger partial charge < -0.3 is 20.4 Å². The molecule has 6 nitrogen and oxygen atoms in total. The highest BCUT2D eigenvalue weighted by molar-refractivity contribution is 9.11. The number of nitrogens with zero attached hydrogens (tertiary/aromatic N) is 1. The highest BCUT2D eigenvalue weighted by Crippen LogP contribution is 2.36. The van der Waals surface area contributed by atoms with Crippen LogP contribution in [0.2, 0.25) is 0 Å². The standard InChI is InChI=1S/C13H21BrN4O2/c1-7-5-8-3-4-9(12-15-6-10(14)16-12)18(8)13(19)11(7)17-20-2/h6-9,11-12,15-17H,3-5H2,1-2H3/t7?,8-,9+,11+,12?/m1/s1. The van der Waals surface area contributed by atoms with E-state index < -0.39 is 0 Å². The van der Waals surface area contributed by atoms with Crippen molar-refractivity contribution in [3.63, 3.8) is 0 Å². The molecule has 3 heterocycles. The lowest BCUT2D eigenvalue weighted by molar-refractivity contribution is -0.147. The Labute approximate surface area is 127 Å². The maximum atomic E-state index is 12.8. The summed E-state index contributed by atoms with van der Waals surface area (Å²) in [5.74, 6) is 0.460. The van der Waals surface area contributed by atoms with Gasteiger partial charge in [0.1, 0.15) is 12.2 Å². The Morgan fingerprint density at radius 1 is 1.50 bits per heavy atom. The first-order chi connectivity index (χ1) is 9.61. The molecule has 1 amide bonds. The van der Waals surface area contributed by atoms with E-state index in [1.165, 1.54) is 0 Å². The number of hydrogen-bond acceptors (Lipinski definition) is 5. The summed E-state index contributed by atoms with van der Waals surface area (Å²) in [5.41, 5.74) is 2.86. The lowest BCUT2D eigenvalue weighted by atomic mass is 9.88. The molecule has 0 aromatic heterocycles. The zero-order valence-electron chi connectivity index (χ0n) is 11.7. The number of amides is 1. The summed E-state index contributed by atoms with van der Waals surface area (Å²) in [6.07, 6.45) is 5.14. The minimum Gasteiger partial charge on any atom is -0.368 e. The van der Waals surface area contributed by atoms with E-state index in [2.05, 4.69) is 43.9 Å². The second kappa shape index (κ2) is 5.54. The number of carbonyl (C=O) groups is 1. The van der Waals surface area contributed by atoms with Crippen LogP contribution < -0.4 is 16.1 Å². The number of fused-ring (bicyclic) bond motifs is 1. The molecule has 0 radical (unpaired) electrons. The molecule has 3 rings (SSSR count). The van der Waals surface area contributed by atoms with Gasteiger partial charge in [-0.2, -0.15) is 5.48 Å². The Balaban J connectivity index is 1.75. The van der Waals surface area contributed by atoms with E-state index in [-0.39, 0.29) is 24.2 Å². The van der Waals surface area contributed by atoms with Crippen LogP contribution in [0.1, 0.15) is 26.2 Å². The van der Waals surface area contributed by atoms with Crippen molar-refractivity contribution in [2.75, 3.05) is 7.11 Å². The van der Waals surface area contributed by atoms with Gasteiger partial charge in [0.15, 0.2) is 0 Å². The molecule has 2 saturated heterocycles. The van der Waals surface area contributed by atoms with Crippen molar-refractivity contribution in [1.82, 2.24) is 21.0 Å². The van der Waals surface area contributed by atoms with Crippen molar-refractivity contribution in [2.24, 2.45) is 5.92 Å². The van der Waals surface area contributed by atoms with E-state index in [1.807, 2.05) is 6.20 Å². The van der Waals surface area contributed by atoms with Gasteiger partial charge in [-0.15, -0.1) is 0 Å². The average molecular weight is 345 g/mol. The molecule has 7 heteroatoms. The summed E-state index contributed by atoms with van der Waals surface area (Å²) in [6.45, 7) is 2.11. The predicted molar refractivity (Wildman–Crippen MR) is 78.4 cm³/mol. The molecular formula is C13H21BrN4O2. The molecule has 0 aromatic rings. The number of rotatable bonds is 3. The topological polar surface area (TPSA) is 65.6 Å². The third-order valence-electron chi connectivity index (χ3n) is 4.59. The van der Waals surface area contributed by atoms with E-state index in [0.717, 1.165) is 23.9 Å². The summed E-state index contributed by atoms with van der Waals surface area (Å²) < 4.78 is 0.940. The lowest BCUT2D eigenvalue weighted by Crippen LogP contribution is -2.62.